The van der Waals surface area contributed by atoms with E-state index in [2.05, 4.69) is 0 Å². The summed E-state index contributed by atoms with van der Waals surface area (Å²) in [5.74, 6) is 1.72. The number of aliphatic hydroxyl groups excluding tert-OH is 4. The van der Waals surface area contributed by atoms with Gasteiger partial charge in [-0.25, -0.2) is 0 Å². The quantitative estimate of drug-likeness (QED) is 0.490. The summed E-state index contributed by atoms with van der Waals surface area (Å²) in [5.41, 5.74) is 1.82. The molecule has 2 aromatic carbocycles. The normalized spacial score (nSPS) is 26.9. The molecule has 0 saturated carbocycles. The molecule has 0 aliphatic carbocycles. The number of hydrogen-bond donors (Lipinski definition) is 4. The number of hydrogen-bond acceptors (Lipinski definition) is 8. The van der Waals surface area contributed by atoms with Crippen LogP contribution in [0.25, 0.3) is 0 Å². The van der Waals surface area contributed by atoms with E-state index in [0.29, 0.717) is 24.5 Å². The van der Waals surface area contributed by atoms with E-state index in [-0.39, 0.29) is 0 Å². The Hall–Kier alpha value is -2.36. The van der Waals surface area contributed by atoms with Gasteiger partial charge in [0.25, 0.3) is 0 Å². The van der Waals surface area contributed by atoms with Crippen molar-refractivity contribution in [3.63, 3.8) is 0 Å². The van der Waals surface area contributed by atoms with Crippen LogP contribution >= 0.6 is 0 Å². The molecule has 0 radical (unpaired) electrons. The Kier molecular flexibility index (Phi) is 7.74. The minimum atomic E-state index is -1.53. The van der Waals surface area contributed by atoms with Gasteiger partial charge in [0.2, 0.25) is 6.29 Å². The largest absolute Gasteiger partial charge is 0.497 e. The second kappa shape index (κ2) is 10.3. The zero-order valence-corrected chi connectivity index (χ0v) is 17.8. The van der Waals surface area contributed by atoms with Gasteiger partial charge in [0.15, 0.2) is 0 Å². The first-order chi connectivity index (χ1) is 14.8. The second-order valence-electron chi connectivity index (χ2n) is 7.53. The van der Waals surface area contributed by atoms with Gasteiger partial charge in [-0.2, -0.15) is 0 Å². The molecule has 3 rings (SSSR count). The fourth-order valence-corrected chi connectivity index (χ4v) is 3.50. The van der Waals surface area contributed by atoms with Crippen LogP contribution < -0.4 is 14.2 Å². The minimum absolute atomic E-state index is 0.394. The number of aliphatic hydroxyl groups is 4. The molecule has 8 nitrogen and oxygen atoms in total. The molecule has 0 bridgehead atoms. The molecule has 1 fully saturated rings. The van der Waals surface area contributed by atoms with Gasteiger partial charge in [-0.15, -0.1) is 0 Å². The molecule has 8 heteroatoms. The van der Waals surface area contributed by atoms with Gasteiger partial charge in [0, 0.05) is 12.5 Å². The predicted molar refractivity (Wildman–Crippen MR) is 112 cm³/mol. The molecule has 4 N–H and O–H groups in total. The van der Waals surface area contributed by atoms with Crippen LogP contribution in [0.2, 0.25) is 0 Å². The molecule has 1 aliphatic heterocycles. The lowest BCUT2D eigenvalue weighted by atomic mass is 9.96. The zero-order valence-electron chi connectivity index (χ0n) is 17.8. The van der Waals surface area contributed by atoms with Gasteiger partial charge in [0.05, 0.1) is 19.8 Å². The van der Waals surface area contributed by atoms with E-state index in [9.17, 15) is 20.4 Å². The predicted octanol–water partition coefficient (Wildman–Crippen LogP) is 1.25. The Morgan fingerprint density at radius 3 is 2.26 bits per heavy atom. The zero-order chi connectivity index (χ0) is 22.5. The molecular weight excluding hydrogens is 404 g/mol. The molecule has 2 aromatic rings. The van der Waals surface area contributed by atoms with Gasteiger partial charge in [-0.3, -0.25) is 0 Å². The topological polar surface area (TPSA) is 118 Å². The van der Waals surface area contributed by atoms with Crippen molar-refractivity contribution < 1.29 is 39.4 Å². The maximum atomic E-state index is 10.4. The third-order valence-electron chi connectivity index (χ3n) is 5.23. The monoisotopic (exact) mass is 434 g/mol. The number of rotatable bonds is 8. The summed E-state index contributed by atoms with van der Waals surface area (Å²) in [6.07, 6.45) is -7.42. The first kappa shape index (κ1) is 23.3. The molecule has 31 heavy (non-hydrogen) atoms. The van der Waals surface area contributed by atoms with Crippen molar-refractivity contribution in [2.24, 2.45) is 0 Å². The summed E-state index contributed by atoms with van der Waals surface area (Å²) >= 11 is 0. The van der Waals surface area contributed by atoms with Crippen LogP contribution in [0.3, 0.4) is 0 Å². The van der Waals surface area contributed by atoms with Gasteiger partial charge in [-0.1, -0.05) is 18.2 Å². The van der Waals surface area contributed by atoms with E-state index in [1.54, 1.807) is 12.1 Å². The number of methoxy groups -OCH3 is 1. The molecule has 6 atom stereocenters. The van der Waals surface area contributed by atoms with Crippen LogP contribution in [0.15, 0.2) is 42.5 Å². The molecular formula is C23H30O8. The molecule has 0 amide bonds. The van der Waals surface area contributed by atoms with Crippen molar-refractivity contribution in [2.45, 2.75) is 57.1 Å². The summed E-state index contributed by atoms with van der Waals surface area (Å²) in [5, 5.41) is 40.5. The van der Waals surface area contributed by atoms with Crippen LogP contribution in [0.1, 0.15) is 25.0 Å². The lowest BCUT2D eigenvalue weighted by Gasteiger charge is -2.41. The van der Waals surface area contributed by atoms with Crippen molar-refractivity contribution in [1.82, 2.24) is 0 Å². The average Bonchev–Trinajstić information content (AvgIpc) is 2.76. The summed E-state index contributed by atoms with van der Waals surface area (Å²) in [4.78, 5) is 0. The van der Waals surface area contributed by atoms with E-state index in [1.807, 2.05) is 37.3 Å². The standard InChI is InChI=1S/C23H30O8/c1-4-29-16-8-5-14(6-9-16)11-15-7-10-17(28-3)12-18(15)30-23-21(27)19(25)20(26)22(31-23)13(2)24/h5-10,12-13,19-27H,4,11H2,1-3H3/t13-,19+,20+,21-,22?,23-/m1/s1. The van der Waals surface area contributed by atoms with Crippen molar-refractivity contribution in [1.29, 1.82) is 0 Å². The molecule has 1 heterocycles. The van der Waals surface area contributed by atoms with Gasteiger partial charge >= 0.3 is 0 Å². The fourth-order valence-electron chi connectivity index (χ4n) is 3.50. The van der Waals surface area contributed by atoms with Gasteiger partial charge in [-0.05, 0) is 43.2 Å². The van der Waals surface area contributed by atoms with Gasteiger partial charge in [0.1, 0.15) is 41.7 Å². The number of benzene rings is 2. The maximum absolute atomic E-state index is 10.4. The average molecular weight is 434 g/mol. The maximum Gasteiger partial charge on any atom is 0.229 e. The minimum Gasteiger partial charge on any atom is -0.497 e. The Balaban J connectivity index is 1.84. The lowest BCUT2D eigenvalue weighted by molar-refractivity contribution is -0.286. The van der Waals surface area contributed by atoms with Crippen LogP contribution in [0.4, 0.5) is 0 Å². The van der Waals surface area contributed by atoms with Crippen LogP contribution in [-0.2, 0) is 11.2 Å². The Bertz CT molecular complexity index is 838. The summed E-state index contributed by atoms with van der Waals surface area (Å²) in [7, 11) is 1.53. The highest BCUT2D eigenvalue weighted by molar-refractivity contribution is 5.44. The third kappa shape index (κ3) is 5.47. The van der Waals surface area contributed by atoms with Crippen molar-refractivity contribution in [2.75, 3.05) is 13.7 Å². The van der Waals surface area contributed by atoms with E-state index < -0.39 is 36.8 Å². The van der Waals surface area contributed by atoms with E-state index in [4.69, 9.17) is 18.9 Å². The highest BCUT2D eigenvalue weighted by atomic mass is 16.7. The Morgan fingerprint density at radius 2 is 1.65 bits per heavy atom. The van der Waals surface area contributed by atoms with Crippen molar-refractivity contribution in [3.8, 4) is 17.2 Å². The SMILES string of the molecule is CCOc1ccc(Cc2ccc(OC)cc2O[C@@H]2OC([C@@H](C)O)[C@@H](O)[C@H](O)[C@H]2O)cc1. The van der Waals surface area contributed by atoms with Gasteiger partial charge < -0.3 is 39.4 Å². The molecule has 0 spiro atoms. The molecule has 1 unspecified atom stereocenters. The second-order valence-corrected chi connectivity index (χ2v) is 7.53. The third-order valence-corrected chi connectivity index (χ3v) is 5.23. The molecule has 1 saturated heterocycles. The summed E-state index contributed by atoms with van der Waals surface area (Å²) < 4.78 is 22.3. The highest BCUT2D eigenvalue weighted by Crippen LogP contribution is 2.32. The van der Waals surface area contributed by atoms with E-state index in [1.165, 1.54) is 14.0 Å². The van der Waals surface area contributed by atoms with E-state index >= 15 is 0 Å². The highest BCUT2D eigenvalue weighted by Gasteiger charge is 2.46. The Labute approximate surface area is 181 Å². The molecule has 0 aromatic heterocycles. The summed E-state index contributed by atoms with van der Waals surface area (Å²) in [6, 6.07) is 13.0. The summed E-state index contributed by atoms with van der Waals surface area (Å²) in [6.45, 7) is 3.94. The smallest absolute Gasteiger partial charge is 0.229 e. The van der Waals surface area contributed by atoms with Crippen molar-refractivity contribution >= 4 is 0 Å². The van der Waals surface area contributed by atoms with Crippen LogP contribution in [-0.4, -0.2) is 71.0 Å². The fraction of sp³-hybridized carbons (Fsp3) is 0.478. The number of ether oxygens (including phenoxy) is 4. The van der Waals surface area contributed by atoms with Crippen LogP contribution in [0, 0.1) is 0 Å². The molecule has 170 valence electrons. The Morgan fingerprint density at radius 1 is 0.968 bits per heavy atom. The van der Waals surface area contributed by atoms with E-state index in [0.717, 1.165) is 16.9 Å². The van der Waals surface area contributed by atoms with Crippen molar-refractivity contribution in [3.05, 3.63) is 53.6 Å². The lowest BCUT2D eigenvalue weighted by Crippen LogP contribution is -2.61. The first-order valence-corrected chi connectivity index (χ1v) is 10.3. The molecule has 1 aliphatic rings. The van der Waals surface area contributed by atoms with Crippen LogP contribution in [0.5, 0.6) is 17.2 Å². The first-order valence-electron chi connectivity index (χ1n) is 10.3.